The molecule has 13 heavy (non-hydrogen) atoms. The van der Waals surface area contributed by atoms with Crippen LogP contribution in [0.5, 0.6) is 0 Å². The summed E-state index contributed by atoms with van der Waals surface area (Å²) in [5.74, 6) is 0. The number of nitrogens with one attached hydrogen (secondary N) is 1. The van der Waals surface area contributed by atoms with E-state index in [9.17, 15) is 0 Å². The maximum atomic E-state index is 3.53. The van der Waals surface area contributed by atoms with E-state index in [0.29, 0.717) is 0 Å². The van der Waals surface area contributed by atoms with Gasteiger partial charge < -0.3 is 5.32 Å². The van der Waals surface area contributed by atoms with E-state index >= 15 is 0 Å². The van der Waals surface area contributed by atoms with Crippen LogP contribution < -0.4 is 5.32 Å². The molecule has 0 aromatic carbocycles. The van der Waals surface area contributed by atoms with E-state index in [-0.39, 0.29) is 0 Å². The van der Waals surface area contributed by atoms with Crippen molar-refractivity contribution in [1.29, 1.82) is 0 Å². The Hall–Kier alpha value is -0.340. The molecule has 1 N–H and O–H groups in total. The van der Waals surface area contributed by atoms with Crippen LogP contribution in [0.4, 0.5) is 0 Å². The molecule has 0 atom stereocenters. The van der Waals surface area contributed by atoms with Crippen molar-refractivity contribution in [2.75, 3.05) is 0 Å². The summed E-state index contributed by atoms with van der Waals surface area (Å²) in [6, 6.07) is 3.18. The van der Waals surface area contributed by atoms with Gasteiger partial charge in [-0.25, -0.2) is 0 Å². The summed E-state index contributed by atoms with van der Waals surface area (Å²) < 4.78 is 0. The molecule has 0 spiro atoms. The van der Waals surface area contributed by atoms with Gasteiger partial charge in [0.25, 0.3) is 0 Å². The van der Waals surface area contributed by atoms with Crippen molar-refractivity contribution in [2.45, 2.75) is 45.2 Å². The van der Waals surface area contributed by atoms with Crippen molar-refractivity contribution < 1.29 is 0 Å². The lowest BCUT2D eigenvalue weighted by Gasteiger charge is -1.98. The summed E-state index contributed by atoms with van der Waals surface area (Å²) in [7, 11) is 0. The molecule has 0 bridgehead atoms. The summed E-state index contributed by atoms with van der Waals surface area (Å²) >= 11 is 1.91. The van der Waals surface area contributed by atoms with Gasteiger partial charge in [0.1, 0.15) is 0 Å². The lowest BCUT2D eigenvalue weighted by Crippen LogP contribution is -2.14. The zero-order valence-corrected chi connectivity index (χ0v) is 8.99. The second-order valence-corrected chi connectivity index (χ2v) is 4.82. The zero-order valence-electron chi connectivity index (χ0n) is 8.18. The summed E-state index contributed by atoms with van der Waals surface area (Å²) in [6.07, 6.45) is 5.27. The Morgan fingerprint density at radius 1 is 1.54 bits per heavy atom. The van der Waals surface area contributed by atoms with Gasteiger partial charge in [0.15, 0.2) is 0 Å². The van der Waals surface area contributed by atoms with Crippen LogP contribution in [0.15, 0.2) is 11.4 Å². The van der Waals surface area contributed by atoms with Crippen molar-refractivity contribution in [3.05, 3.63) is 21.9 Å². The lowest BCUT2D eigenvalue weighted by molar-refractivity contribution is 0.689. The average molecular weight is 195 g/mol. The minimum absolute atomic E-state index is 0.828. The molecule has 0 amide bonds. The fourth-order valence-electron chi connectivity index (χ4n) is 1.45. The molecule has 1 aliphatic rings. The largest absolute Gasteiger partial charge is 0.310 e. The first-order valence-electron chi connectivity index (χ1n) is 5.18. The molecule has 1 aromatic rings. The maximum Gasteiger partial charge on any atom is 0.0216 e. The number of hydrogen-bond acceptors (Lipinski definition) is 2. The minimum Gasteiger partial charge on any atom is -0.310 e. The molecular weight excluding hydrogens is 178 g/mol. The third kappa shape index (κ3) is 2.82. The molecule has 1 heterocycles. The van der Waals surface area contributed by atoms with E-state index in [2.05, 4.69) is 23.7 Å². The molecule has 0 unspecified atom stereocenters. The Morgan fingerprint density at radius 2 is 2.38 bits per heavy atom. The van der Waals surface area contributed by atoms with Gasteiger partial charge in [-0.1, -0.05) is 13.3 Å². The van der Waals surface area contributed by atoms with Crippen molar-refractivity contribution in [2.24, 2.45) is 0 Å². The molecule has 2 heteroatoms. The summed E-state index contributed by atoms with van der Waals surface area (Å²) in [6.45, 7) is 3.31. The molecule has 1 saturated carbocycles. The highest BCUT2D eigenvalue weighted by Gasteiger charge is 2.19. The SMILES string of the molecule is CCCc1cc(CNC2CC2)cs1. The molecule has 72 valence electrons. The van der Waals surface area contributed by atoms with Gasteiger partial charge in [0, 0.05) is 17.5 Å². The van der Waals surface area contributed by atoms with Crippen LogP contribution in [0.25, 0.3) is 0 Å². The number of aryl methyl sites for hydroxylation is 1. The van der Waals surface area contributed by atoms with Crippen molar-refractivity contribution in [3.8, 4) is 0 Å². The molecule has 0 saturated heterocycles. The third-order valence-electron chi connectivity index (χ3n) is 2.38. The number of hydrogen-bond donors (Lipinski definition) is 1. The molecule has 2 rings (SSSR count). The summed E-state index contributed by atoms with van der Waals surface area (Å²) in [4.78, 5) is 1.54. The van der Waals surface area contributed by atoms with Crippen LogP contribution >= 0.6 is 11.3 Å². The van der Waals surface area contributed by atoms with Gasteiger partial charge in [0.2, 0.25) is 0 Å². The Balaban J connectivity index is 1.81. The van der Waals surface area contributed by atoms with E-state index in [1.807, 2.05) is 11.3 Å². The van der Waals surface area contributed by atoms with Crippen LogP contribution in [0.2, 0.25) is 0 Å². The van der Waals surface area contributed by atoms with Gasteiger partial charge >= 0.3 is 0 Å². The van der Waals surface area contributed by atoms with Crippen LogP contribution in [-0.2, 0) is 13.0 Å². The highest BCUT2D eigenvalue weighted by atomic mass is 32.1. The average Bonchev–Trinajstić information content (AvgIpc) is 2.85. The van der Waals surface area contributed by atoms with Gasteiger partial charge in [0.05, 0.1) is 0 Å². The molecule has 0 radical (unpaired) electrons. The fraction of sp³-hybridized carbons (Fsp3) is 0.636. The Kier molecular flexibility index (Phi) is 3.01. The molecule has 1 aromatic heterocycles. The normalized spacial score (nSPS) is 16.4. The lowest BCUT2D eigenvalue weighted by atomic mass is 10.2. The topological polar surface area (TPSA) is 12.0 Å². The summed E-state index contributed by atoms with van der Waals surface area (Å²) in [5.41, 5.74) is 1.47. The Morgan fingerprint density at radius 3 is 3.08 bits per heavy atom. The van der Waals surface area contributed by atoms with E-state index in [1.165, 1.54) is 36.1 Å². The molecule has 1 nitrogen and oxygen atoms in total. The highest BCUT2D eigenvalue weighted by molar-refractivity contribution is 7.10. The fourth-order valence-corrected chi connectivity index (χ4v) is 2.44. The van der Waals surface area contributed by atoms with E-state index in [1.54, 1.807) is 0 Å². The molecular formula is C11H17NS. The standard InChI is InChI=1S/C11H17NS/c1-2-3-11-6-9(8-13-11)7-12-10-4-5-10/h6,8,10,12H,2-5,7H2,1H3. The van der Waals surface area contributed by atoms with Crippen LogP contribution in [0.1, 0.15) is 36.6 Å². The Bertz CT molecular complexity index is 263. The van der Waals surface area contributed by atoms with Crippen LogP contribution in [0.3, 0.4) is 0 Å². The molecule has 1 fully saturated rings. The molecule has 0 aliphatic heterocycles. The predicted octanol–water partition coefficient (Wildman–Crippen LogP) is 2.95. The number of thiophene rings is 1. The Labute approximate surface area is 84.2 Å². The third-order valence-corrected chi connectivity index (χ3v) is 3.42. The number of rotatable bonds is 5. The van der Waals surface area contributed by atoms with Gasteiger partial charge in [-0.3, -0.25) is 0 Å². The first-order chi connectivity index (χ1) is 6.38. The second-order valence-electron chi connectivity index (χ2n) is 3.83. The molecule has 1 aliphatic carbocycles. The highest BCUT2D eigenvalue weighted by Crippen LogP contribution is 2.21. The van der Waals surface area contributed by atoms with E-state index in [0.717, 1.165) is 12.6 Å². The van der Waals surface area contributed by atoms with Crippen molar-refractivity contribution >= 4 is 11.3 Å². The van der Waals surface area contributed by atoms with Crippen LogP contribution in [-0.4, -0.2) is 6.04 Å². The first-order valence-corrected chi connectivity index (χ1v) is 6.06. The van der Waals surface area contributed by atoms with Crippen molar-refractivity contribution in [1.82, 2.24) is 5.32 Å². The zero-order chi connectivity index (χ0) is 9.10. The van der Waals surface area contributed by atoms with E-state index in [4.69, 9.17) is 0 Å². The van der Waals surface area contributed by atoms with Crippen molar-refractivity contribution in [3.63, 3.8) is 0 Å². The second kappa shape index (κ2) is 4.25. The van der Waals surface area contributed by atoms with Gasteiger partial charge in [-0.05, 0) is 36.3 Å². The van der Waals surface area contributed by atoms with E-state index < -0.39 is 0 Å². The maximum absolute atomic E-state index is 3.53. The first kappa shape index (κ1) is 9.22. The summed E-state index contributed by atoms with van der Waals surface area (Å²) in [5, 5.41) is 5.83. The van der Waals surface area contributed by atoms with Gasteiger partial charge in [-0.15, -0.1) is 11.3 Å². The quantitative estimate of drug-likeness (QED) is 0.761. The predicted molar refractivity (Wildman–Crippen MR) is 58.2 cm³/mol. The monoisotopic (exact) mass is 195 g/mol. The minimum atomic E-state index is 0.828. The van der Waals surface area contributed by atoms with Crippen LogP contribution in [0, 0.1) is 0 Å². The smallest absolute Gasteiger partial charge is 0.0216 e. The van der Waals surface area contributed by atoms with Gasteiger partial charge in [-0.2, -0.15) is 0 Å².